The standard InChI is InChI=1S/C8H17N.2C2H6/c1-7-5-6-8(2,3)9(7)4;2*1-2/h7H,5-6H2,1-4H3;2*1-2H3. The third-order valence-electron chi connectivity index (χ3n) is 2.79. The maximum absolute atomic E-state index is 2.47. The number of hydrogen-bond donors (Lipinski definition) is 0. The molecule has 0 amide bonds. The summed E-state index contributed by atoms with van der Waals surface area (Å²) in [6, 6.07) is 0.792. The second kappa shape index (κ2) is 7.37. The van der Waals surface area contributed by atoms with Crippen molar-refractivity contribution in [2.24, 2.45) is 0 Å². The molecule has 1 nitrogen and oxygen atoms in total. The van der Waals surface area contributed by atoms with Crippen LogP contribution in [0, 0.1) is 0 Å². The molecule has 1 heteroatoms. The number of nitrogens with zero attached hydrogens (tertiary/aromatic N) is 1. The van der Waals surface area contributed by atoms with Crippen LogP contribution < -0.4 is 0 Å². The van der Waals surface area contributed by atoms with Crippen LogP contribution in [0.25, 0.3) is 0 Å². The fraction of sp³-hybridized carbons (Fsp3) is 1.00. The Balaban J connectivity index is 0. The highest BCUT2D eigenvalue weighted by Gasteiger charge is 2.33. The van der Waals surface area contributed by atoms with Crippen LogP contribution in [0.3, 0.4) is 0 Å². The Hall–Kier alpha value is -0.0400. The van der Waals surface area contributed by atoms with Gasteiger partial charge in [-0.3, -0.25) is 4.90 Å². The summed E-state index contributed by atoms with van der Waals surface area (Å²) < 4.78 is 0. The third kappa shape index (κ3) is 4.66. The largest absolute Gasteiger partial charge is 0.299 e. The average Bonchev–Trinajstić information content (AvgIpc) is 2.40. The van der Waals surface area contributed by atoms with Crippen molar-refractivity contribution < 1.29 is 0 Å². The lowest BCUT2D eigenvalue weighted by Crippen LogP contribution is -2.38. The van der Waals surface area contributed by atoms with Crippen molar-refractivity contribution in [1.29, 1.82) is 0 Å². The summed E-state index contributed by atoms with van der Waals surface area (Å²) in [5.41, 5.74) is 0.458. The molecule has 1 saturated heterocycles. The Morgan fingerprint density at radius 1 is 1.08 bits per heavy atom. The number of likely N-dealkylation sites (tertiary alicyclic amines) is 1. The lowest BCUT2D eigenvalue weighted by molar-refractivity contribution is 0.178. The van der Waals surface area contributed by atoms with Gasteiger partial charge in [0.1, 0.15) is 0 Å². The first kappa shape index (κ1) is 15.4. The zero-order chi connectivity index (χ0) is 11.1. The van der Waals surface area contributed by atoms with Crippen molar-refractivity contribution in [2.45, 2.75) is 72.9 Å². The first-order chi connectivity index (χ1) is 6.04. The summed E-state index contributed by atoms with van der Waals surface area (Å²) in [6.07, 6.45) is 2.72. The minimum Gasteiger partial charge on any atom is -0.299 e. The highest BCUT2D eigenvalue weighted by molar-refractivity contribution is 4.89. The van der Waals surface area contributed by atoms with E-state index in [0.717, 1.165) is 6.04 Å². The fourth-order valence-corrected chi connectivity index (χ4v) is 1.53. The molecular weight excluding hydrogens is 158 g/mol. The van der Waals surface area contributed by atoms with Crippen LogP contribution in [-0.4, -0.2) is 23.5 Å². The Morgan fingerprint density at radius 2 is 1.46 bits per heavy atom. The second-order valence-corrected chi connectivity index (χ2v) is 3.81. The normalized spacial score (nSPS) is 25.4. The van der Waals surface area contributed by atoms with Gasteiger partial charge in [0, 0.05) is 11.6 Å². The van der Waals surface area contributed by atoms with E-state index in [4.69, 9.17) is 0 Å². The molecule has 0 bridgehead atoms. The molecule has 0 aromatic carbocycles. The van der Waals surface area contributed by atoms with Crippen molar-refractivity contribution in [3.8, 4) is 0 Å². The van der Waals surface area contributed by atoms with Gasteiger partial charge in [-0.2, -0.15) is 0 Å². The van der Waals surface area contributed by atoms with E-state index in [9.17, 15) is 0 Å². The Bertz CT molecular complexity index is 108. The van der Waals surface area contributed by atoms with Gasteiger partial charge in [-0.15, -0.1) is 0 Å². The maximum atomic E-state index is 2.47. The average molecular weight is 187 g/mol. The number of hydrogen-bond acceptors (Lipinski definition) is 1. The van der Waals surface area contributed by atoms with Crippen molar-refractivity contribution in [3.63, 3.8) is 0 Å². The molecule has 0 aliphatic carbocycles. The molecule has 1 heterocycles. The van der Waals surface area contributed by atoms with Gasteiger partial charge in [0.2, 0.25) is 0 Å². The lowest BCUT2D eigenvalue weighted by atomic mass is 10.0. The van der Waals surface area contributed by atoms with Gasteiger partial charge in [0.05, 0.1) is 0 Å². The Kier molecular flexibility index (Phi) is 8.75. The third-order valence-corrected chi connectivity index (χ3v) is 2.79. The zero-order valence-electron chi connectivity index (χ0n) is 10.9. The van der Waals surface area contributed by atoms with E-state index < -0.39 is 0 Å². The van der Waals surface area contributed by atoms with Crippen molar-refractivity contribution in [2.75, 3.05) is 7.05 Å². The second-order valence-electron chi connectivity index (χ2n) is 3.81. The van der Waals surface area contributed by atoms with Crippen LogP contribution in [0.5, 0.6) is 0 Å². The summed E-state index contributed by atoms with van der Waals surface area (Å²) in [6.45, 7) is 14.9. The van der Waals surface area contributed by atoms with Gasteiger partial charge in [-0.1, -0.05) is 27.7 Å². The van der Waals surface area contributed by atoms with Crippen molar-refractivity contribution >= 4 is 0 Å². The quantitative estimate of drug-likeness (QED) is 0.555. The minimum absolute atomic E-state index is 0.458. The van der Waals surface area contributed by atoms with Gasteiger partial charge in [0.15, 0.2) is 0 Å². The molecule has 0 saturated carbocycles. The summed E-state index contributed by atoms with van der Waals surface area (Å²) >= 11 is 0. The zero-order valence-corrected chi connectivity index (χ0v) is 10.9. The predicted molar refractivity (Wildman–Crippen MR) is 63.2 cm³/mol. The molecule has 0 spiro atoms. The van der Waals surface area contributed by atoms with Crippen LogP contribution in [0.2, 0.25) is 0 Å². The van der Waals surface area contributed by atoms with E-state index >= 15 is 0 Å². The predicted octanol–water partition coefficient (Wildman–Crippen LogP) is 3.93. The van der Waals surface area contributed by atoms with E-state index in [0.29, 0.717) is 5.54 Å². The molecular formula is C12H29N. The lowest BCUT2D eigenvalue weighted by Gasteiger charge is -2.30. The molecule has 1 aliphatic rings. The minimum atomic E-state index is 0.458. The molecule has 13 heavy (non-hydrogen) atoms. The van der Waals surface area contributed by atoms with Crippen LogP contribution in [0.4, 0.5) is 0 Å². The molecule has 1 aliphatic heterocycles. The molecule has 0 N–H and O–H groups in total. The summed E-state index contributed by atoms with van der Waals surface area (Å²) in [4.78, 5) is 2.47. The maximum Gasteiger partial charge on any atom is 0.0153 e. The fourth-order valence-electron chi connectivity index (χ4n) is 1.53. The van der Waals surface area contributed by atoms with E-state index in [1.807, 2.05) is 27.7 Å². The molecule has 1 fully saturated rings. The topological polar surface area (TPSA) is 3.24 Å². The van der Waals surface area contributed by atoms with E-state index in [1.54, 1.807) is 0 Å². The van der Waals surface area contributed by atoms with Crippen LogP contribution >= 0.6 is 0 Å². The van der Waals surface area contributed by atoms with Gasteiger partial charge >= 0.3 is 0 Å². The first-order valence-corrected chi connectivity index (χ1v) is 5.77. The van der Waals surface area contributed by atoms with E-state index in [2.05, 4.69) is 32.7 Å². The Labute approximate surface area is 85.5 Å². The summed E-state index contributed by atoms with van der Waals surface area (Å²) in [7, 11) is 2.22. The molecule has 1 atom stereocenters. The van der Waals surface area contributed by atoms with Gasteiger partial charge in [-0.25, -0.2) is 0 Å². The van der Waals surface area contributed by atoms with Crippen LogP contribution in [-0.2, 0) is 0 Å². The van der Waals surface area contributed by atoms with Gasteiger partial charge < -0.3 is 0 Å². The summed E-state index contributed by atoms with van der Waals surface area (Å²) in [5, 5.41) is 0. The molecule has 0 aromatic rings. The smallest absolute Gasteiger partial charge is 0.0153 e. The summed E-state index contributed by atoms with van der Waals surface area (Å²) in [5.74, 6) is 0. The highest BCUT2D eigenvalue weighted by Crippen LogP contribution is 2.30. The highest BCUT2D eigenvalue weighted by atomic mass is 15.2. The van der Waals surface area contributed by atoms with E-state index in [1.165, 1.54) is 12.8 Å². The SMILES string of the molecule is CC.CC.CC1CCC(C)(C)N1C. The van der Waals surface area contributed by atoms with Crippen molar-refractivity contribution in [1.82, 2.24) is 4.90 Å². The monoisotopic (exact) mass is 187 g/mol. The number of rotatable bonds is 0. The van der Waals surface area contributed by atoms with Crippen molar-refractivity contribution in [3.05, 3.63) is 0 Å². The molecule has 0 radical (unpaired) electrons. The Morgan fingerprint density at radius 3 is 1.54 bits per heavy atom. The molecule has 0 aromatic heterocycles. The first-order valence-electron chi connectivity index (χ1n) is 5.77. The van der Waals surface area contributed by atoms with E-state index in [-0.39, 0.29) is 0 Å². The van der Waals surface area contributed by atoms with Crippen LogP contribution in [0.15, 0.2) is 0 Å². The molecule has 82 valence electrons. The molecule has 1 unspecified atom stereocenters. The van der Waals surface area contributed by atoms with Gasteiger partial charge in [0.25, 0.3) is 0 Å². The van der Waals surface area contributed by atoms with Crippen LogP contribution in [0.1, 0.15) is 61.3 Å². The van der Waals surface area contributed by atoms with Gasteiger partial charge in [-0.05, 0) is 40.7 Å². The molecule has 1 rings (SSSR count).